The summed E-state index contributed by atoms with van der Waals surface area (Å²) in [5.41, 5.74) is 0. The minimum Gasteiger partial charge on any atom is -0.357 e. The minimum atomic E-state index is 0.521. The molecule has 0 fully saturated rings. The third-order valence-corrected chi connectivity index (χ3v) is 3.61. The van der Waals surface area contributed by atoms with Gasteiger partial charge in [-0.2, -0.15) is 0 Å². The molecule has 0 saturated carbocycles. The molecule has 0 spiro atoms. The summed E-state index contributed by atoms with van der Waals surface area (Å²) in [6.07, 6.45) is 3.36. The van der Waals surface area contributed by atoms with Crippen LogP contribution in [0.25, 0.3) is 0 Å². The number of nitrogens with one attached hydrogen (secondary N) is 1. The first-order valence-electron chi connectivity index (χ1n) is 6.60. The molecule has 4 heteroatoms. The monoisotopic (exact) mass is 255 g/mol. The predicted octanol–water partition coefficient (Wildman–Crippen LogP) is 3.97. The molecule has 98 valence electrons. The van der Waals surface area contributed by atoms with Gasteiger partial charge in [-0.1, -0.05) is 46.0 Å². The Morgan fingerprint density at radius 1 is 1.06 bits per heavy atom. The Bertz CT molecular complexity index is 310. The Balaban J connectivity index is 2.57. The summed E-state index contributed by atoms with van der Waals surface area (Å²) in [6.45, 7) is 11.2. The van der Waals surface area contributed by atoms with Crippen LogP contribution in [0, 0.1) is 11.8 Å². The lowest BCUT2D eigenvalue weighted by atomic mass is 9.96. The van der Waals surface area contributed by atoms with Crippen molar-refractivity contribution in [3.05, 3.63) is 5.01 Å². The topological polar surface area (TPSA) is 37.8 Å². The van der Waals surface area contributed by atoms with Gasteiger partial charge in [-0.15, -0.1) is 10.2 Å². The lowest BCUT2D eigenvalue weighted by Crippen LogP contribution is -2.23. The van der Waals surface area contributed by atoms with Gasteiger partial charge < -0.3 is 5.32 Å². The first kappa shape index (κ1) is 14.4. The number of hydrogen-bond donors (Lipinski definition) is 1. The van der Waals surface area contributed by atoms with Crippen LogP contribution in [0.15, 0.2) is 0 Å². The van der Waals surface area contributed by atoms with Crippen molar-refractivity contribution in [2.45, 2.75) is 59.9 Å². The molecule has 1 N–H and O–H groups in total. The van der Waals surface area contributed by atoms with Crippen LogP contribution in [0.4, 0.5) is 5.13 Å². The van der Waals surface area contributed by atoms with E-state index in [0.717, 1.165) is 16.6 Å². The van der Waals surface area contributed by atoms with Crippen molar-refractivity contribution in [2.24, 2.45) is 11.8 Å². The molecule has 3 nitrogen and oxygen atoms in total. The molecule has 0 amide bonds. The number of rotatable bonds is 7. The molecule has 1 heterocycles. The van der Waals surface area contributed by atoms with Crippen LogP contribution in [0.1, 0.15) is 52.5 Å². The molecule has 0 radical (unpaired) electrons. The lowest BCUT2D eigenvalue weighted by Gasteiger charge is -2.21. The highest BCUT2D eigenvalue weighted by atomic mass is 32.1. The van der Waals surface area contributed by atoms with E-state index in [1.54, 1.807) is 11.3 Å². The summed E-state index contributed by atoms with van der Waals surface area (Å²) >= 11 is 1.68. The fraction of sp³-hybridized carbons (Fsp3) is 0.846. The second-order valence-corrected chi connectivity index (χ2v) is 6.52. The molecule has 1 aromatic heterocycles. The van der Waals surface area contributed by atoms with Gasteiger partial charge in [-0.25, -0.2) is 0 Å². The minimum absolute atomic E-state index is 0.521. The molecular weight excluding hydrogens is 230 g/mol. The summed E-state index contributed by atoms with van der Waals surface area (Å²) in [5, 5.41) is 14.0. The van der Waals surface area contributed by atoms with Gasteiger partial charge in [0.15, 0.2) is 0 Å². The van der Waals surface area contributed by atoms with E-state index in [1.807, 2.05) is 0 Å². The van der Waals surface area contributed by atoms with E-state index in [-0.39, 0.29) is 0 Å². The van der Waals surface area contributed by atoms with Gasteiger partial charge in [0, 0.05) is 6.04 Å². The standard InChI is InChI=1S/C13H25N3S/c1-6-12-15-16-13(17-12)14-11(7-9(2)3)8-10(4)5/h9-11H,6-8H2,1-5H3,(H,14,16). The molecule has 0 bridgehead atoms. The van der Waals surface area contributed by atoms with Gasteiger partial charge in [-0.3, -0.25) is 0 Å². The third-order valence-electron chi connectivity index (χ3n) is 2.61. The third kappa shape index (κ3) is 5.48. The molecule has 17 heavy (non-hydrogen) atoms. The largest absolute Gasteiger partial charge is 0.357 e. The van der Waals surface area contributed by atoms with Crippen molar-refractivity contribution in [1.82, 2.24) is 10.2 Å². The quantitative estimate of drug-likeness (QED) is 0.801. The molecule has 1 rings (SSSR count). The van der Waals surface area contributed by atoms with E-state index in [9.17, 15) is 0 Å². The molecule has 0 atom stereocenters. The van der Waals surface area contributed by atoms with E-state index >= 15 is 0 Å². The molecule has 0 aromatic carbocycles. The van der Waals surface area contributed by atoms with Crippen molar-refractivity contribution < 1.29 is 0 Å². The van der Waals surface area contributed by atoms with E-state index in [0.29, 0.717) is 17.9 Å². The van der Waals surface area contributed by atoms with Crippen molar-refractivity contribution >= 4 is 16.5 Å². The van der Waals surface area contributed by atoms with Crippen molar-refractivity contribution in [2.75, 3.05) is 5.32 Å². The number of anilines is 1. The molecule has 0 aliphatic carbocycles. The van der Waals surface area contributed by atoms with Crippen LogP contribution >= 0.6 is 11.3 Å². The van der Waals surface area contributed by atoms with Gasteiger partial charge in [0.25, 0.3) is 0 Å². The molecule has 0 aliphatic heterocycles. The van der Waals surface area contributed by atoms with Gasteiger partial charge in [0.05, 0.1) is 0 Å². The van der Waals surface area contributed by atoms with Crippen LogP contribution < -0.4 is 5.32 Å². The number of hydrogen-bond acceptors (Lipinski definition) is 4. The summed E-state index contributed by atoms with van der Waals surface area (Å²) in [7, 11) is 0. The summed E-state index contributed by atoms with van der Waals surface area (Å²) < 4.78 is 0. The number of aromatic nitrogens is 2. The second kappa shape index (κ2) is 6.94. The second-order valence-electron chi connectivity index (χ2n) is 5.45. The number of nitrogens with zero attached hydrogens (tertiary/aromatic N) is 2. The zero-order valence-electron chi connectivity index (χ0n) is 11.7. The fourth-order valence-corrected chi connectivity index (χ4v) is 2.74. The Labute approximate surface area is 109 Å². The van der Waals surface area contributed by atoms with E-state index in [4.69, 9.17) is 0 Å². The van der Waals surface area contributed by atoms with Crippen molar-refractivity contribution in [3.8, 4) is 0 Å². The molecule has 0 unspecified atom stereocenters. The first-order valence-corrected chi connectivity index (χ1v) is 7.41. The van der Waals surface area contributed by atoms with Crippen LogP contribution in [0.2, 0.25) is 0 Å². The Kier molecular flexibility index (Phi) is 5.89. The fourth-order valence-electron chi connectivity index (χ4n) is 1.98. The van der Waals surface area contributed by atoms with Gasteiger partial charge in [-0.05, 0) is 31.1 Å². The summed E-state index contributed by atoms with van der Waals surface area (Å²) in [4.78, 5) is 0. The van der Waals surface area contributed by atoms with Crippen LogP contribution in [0.3, 0.4) is 0 Å². The van der Waals surface area contributed by atoms with Gasteiger partial charge in [0.2, 0.25) is 5.13 Å². The first-order chi connectivity index (χ1) is 8.01. The van der Waals surface area contributed by atoms with E-state index in [2.05, 4.69) is 50.1 Å². The normalized spacial score (nSPS) is 11.8. The Hall–Kier alpha value is -0.640. The zero-order chi connectivity index (χ0) is 12.8. The smallest absolute Gasteiger partial charge is 0.205 e. The van der Waals surface area contributed by atoms with Crippen LogP contribution in [-0.4, -0.2) is 16.2 Å². The maximum Gasteiger partial charge on any atom is 0.205 e. The SMILES string of the molecule is CCc1nnc(NC(CC(C)C)CC(C)C)s1. The Morgan fingerprint density at radius 3 is 2.06 bits per heavy atom. The highest BCUT2D eigenvalue weighted by Gasteiger charge is 2.14. The average molecular weight is 255 g/mol. The summed E-state index contributed by atoms with van der Waals surface area (Å²) in [6, 6.07) is 0.521. The highest BCUT2D eigenvalue weighted by Crippen LogP contribution is 2.21. The number of aryl methyl sites for hydroxylation is 1. The van der Waals surface area contributed by atoms with Gasteiger partial charge >= 0.3 is 0 Å². The highest BCUT2D eigenvalue weighted by molar-refractivity contribution is 7.15. The molecule has 0 saturated heterocycles. The van der Waals surface area contributed by atoms with Crippen LogP contribution in [0.5, 0.6) is 0 Å². The average Bonchev–Trinajstić information content (AvgIpc) is 2.63. The lowest BCUT2D eigenvalue weighted by molar-refractivity contribution is 0.442. The molecular formula is C13H25N3S. The van der Waals surface area contributed by atoms with Crippen molar-refractivity contribution in [3.63, 3.8) is 0 Å². The summed E-state index contributed by atoms with van der Waals surface area (Å²) in [5.74, 6) is 1.43. The maximum absolute atomic E-state index is 4.20. The predicted molar refractivity (Wildman–Crippen MR) is 75.6 cm³/mol. The Morgan fingerprint density at radius 2 is 1.65 bits per heavy atom. The van der Waals surface area contributed by atoms with E-state index in [1.165, 1.54) is 12.8 Å². The van der Waals surface area contributed by atoms with Gasteiger partial charge in [0.1, 0.15) is 5.01 Å². The molecule has 0 aliphatic rings. The zero-order valence-corrected chi connectivity index (χ0v) is 12.5. The van der Waals surface area contributed by atoms with Crippen molar-refractivity contribution in [1.29, 1.82) is 0 Å². The molecule has 1 aromatic rings. The van der Waals surface area contributed by atoms with Crippen LogP contribution in [-0.2, 0) is 6.42 Å². The van der Waals surface area contributed by atoms with E-state index < -0.39 is 0 Å². The maximum atomic E-state index is 4.20.